The Morgan fingerprint density at radius 3 is 3.08 bits per heavy atom. The first-order chi connectivity index (χ1) is 5.88. The summed E-state index contributed by atoms with van der Waals surface area (Å²) in [5, 5.41) is 6.01. The summed E-state index contributed by atoms with van der Waals surface area (Å²) >= 11 is 0. The van der Waals surface area contributed by atoms with Crippen LogP contribution in [-0.2, 0) is 0 Å². The fourth-order valence-electron chi connectivity index (χ4n) is 0.839. The minimum atomic E-state index is -0.294. The Labute approximate surface area is 67.4 Å². The van der Waals surface area contributed by atoms with Crippen LogP contribution in [-0.4, -0.2) is 21.0 Å². The molecule has 0 saturated heterocycles. The van der Waals surface area contributed by atoms with Crippen LogP contribution in [0.4, 0.5) is 0 Å². The lowest BCUT2D eigenvalue weighted by Crippen LogP contribution is -2.01. The molecule has 2 rings (SSSR count). The molecule has 0 spiro atoms. The van der Waals surface area contributed by atoms with E-state index in [1.165, 1.54) is 12.6 Å². The molecule has 0 aliphatic heterocycles. The third kappa shape index (κ3) is 1.01. The summed E-state index contributed by atoms with van der Waals surface area (Å²) in [5.41, 5.74) is 0. The highest BCUT2D eigenvalue weighted by atomic mass is 16.3. The first-order valence-corrected chi connectivity index (χ1v) is 3.31. The van der Waals surface area contributed by atoms with Gasteiger partial charge in [-0.1, -0.05) is 0 Å². The zero-order chi connectivity index (χ0) is 8.39. The number of carbonyl (C=O) groups excluding carboxylic acids is 1. The Kier molecular flexibility index (Phi) is 1.48. The van der Waals surface area contributed by atoms with Gasteiger partial charge in [-0.3, -0.25) is 9.89 Å². The number of nitrogens with one attached hydrogen (secondary N) is 1. The summed E-state index contributed by atoms with van der Waals surface area (Å²) in [6, 6.07) is 3.22. The van der Waals surface area contributed by atoms with Crippen molar-refractivity contribution in [2.75, 3.05) is 0 Å². The van der Waals surface area contributed by atoms with Crippen molar-refractivity contribution in [1.29, 1.82) is 0 Å². The van der Waals surface area contributed by atoms with Crippen LogP contribution < -0.4 is 0 Å². The van der Waals surface area contributed by atoms with Crippen molar-refractivity contribution in [1.82, 2.24) is 15.2 Å². The molecule has 2 heterocycles. The predicted molar refractivity (Wildman–Crippen MR) is 38.5 cm³/mol. The topological polar surface area (TPSA) is 71.8 Å². The molecule has 1 N–H and O–H groups in total. The molecule has 0 aromatic carbocycles. The Morgan fingerprint density at radius 1 is 1.58 bits per heavy atom. The lowest BCUT2D eigenvalue weighted by Gasteiger charge is -1.88. The number of aromatic amines is 1. The fraction of sp³-hybridized carbons (Fsp3) is 0. The van der Waals surface area contributed by atoms with Gasteiger partial charge in [0.1, 0.15) is 6.33 Å². The molecule has 0 amide bonds. The Bertz CT molecular complexity index is 327. The van der Waals surface area contributed by atoms with Crippen LogP contribution in [0.2, 0.25) is 0 Å². The van der Waals surface area contributed by atoms with E-state index in [0.29, 0.717) is 0 Å². The number of furan rings is 1. The number of rotatable bonds is 2. The zero-order valence-corrected chi connectivity index (χ0v) is 6.02. The molecule has 2 aromatic heterocycles. The number of carbonyl (C=O) groups is 1. The minimum Gasteiger partial charge on any atom is -0.461 e. The maximum absolute atomic E-state index is 11.3. The lowest BCUT2D eigenvalue weighted by molar-refractivity contribution is 0.1000. The molecule has 0 atom stereocenters. The summed E-state index contributed by atoms with van der Waals surface area (Å²) in [7, 11) is 0. The van der Waals surface area contributed by atoms with Crippen molar-refractivity contribution in [2.24, 2.45) is 0 Å². The van der Waals surface area contributed by atoms with Gasteiger partial charge in [0, 0.05) is 0 Å². The van der Waals surface area contributed by atoms with Crippen molar-refractivity contribution in [2.45, 2.75) is 0 Å². The predicted octanol–water partition coefficient (Wildman–Crippen LogP) is 0.629. The molecule has 0 bridgehead atoms. The lowest BCUT2D eigenvalue weighted by atomic mass is 10.3. The molecule has 12 heavy (non-hydrogen) atoms. The van der Waals surface area contributed by atoms with Gasteiger partial charge in [-0.25, -0.2) is 4.98 Å². The van der Waals surface area contributed by atoms with Crippen LogP contribution in [0, 0.1) is 0 Å². The number of hydrogen-bond acceptors (Lipinski definition) is 4. The molecule has 0 aliphatic rings. The van der Waals surface area contributed by atoms with E-state index < -0.39 is 0 Å². The second kappa shape index (κ2) is 2.61. The zero-order valence-electron chi connectivity index (χ0n) is 6.02. The third-order valence-electron chi connectivity index (χ3n) is 1.38. The molecule has 0 saturated carbocycles. The molecule has 5 nitrogen and oxygen atoms in total. The number of hydrogen-bond donors (Lipinski definition) is 1. The van der Waals surface area contributed by atoms with Crippen molar-refractivity contribution in [3.05, 3.63) is 36.3 Å². The van der Waals surface area contributed by atoms with E-state index in [-0.39, 0.29) is 17.4 Å². The van der Waals surface area contributed by atoms with Gasteiger partial charge in [-0.05, 0) is 12.1 Å². The largest absolute Gasteiger partial charge is 0.461 e. The van der Waals surface area contributed by atoms with Crippen LogP contribution in [0.1, 0.15) is 16.4 Å². The van der Waals surface area contributed by atoms with E-state index in [0.717, 1.165) is 0 Å². The van der Waals surface area contributed by atoms with Gasteiger partial charge in [0.05, 0.1) is 6.26 Å². The van der Waals surface area contributed by atoms with E-state index in [1.54, 1.807) is 12.1 Å². The molecule has 0 unspecified atom stereocenters. The molecule has 0 fully saturated rings. The average Bonchev–Trinajstić information content (AvgIpc) is 2.77. The summed E-state index contributed by atoms with van der Waals surface area (Å²) in [6.07, 6.45) is 2.71. The summed E-state index contributed by atoms with van der Waals surface area (Å²) < 4.78 is 4.88. The van der Waals surface area contributed by atoms with E-state index in [9.17, 15) is 4.79 Å². The average molecular weight is 163 g/mol. The Hall–Kier alpha value is -1.91. The maximum Gasteiger partial charge on any atom is 0.264 e. The molecule has 5 heteroatoms. The van der Waals surface area contributed by atoms with Crippen molar-refractivity contribution >= 4 is 5.78 Å². The summed E-state index contributed by atoms with van der Waals surface area (Å²) in [4.78, 5) is 15.0. The van der Waals surface area contributed by atoms with Gasteiger partial charge in [0.2, 0.25) is 0 Å². The van der Waals surface area contributed by atoms with Crippen LogP contribution >= 0.6 is 0 Å². The standard InChI is InChI=1S/C7H5N3O2/c11-6(5-2-1-3-12-5)7-8-4-9-10-7/h1-4H,(H,8,9,10). The number of ketones is 1. The maximum atomic E-state index is 11.3. The van der Waals surface area contributed by atoms with Crippen molar-refractivity contribution in [3.63, 3.8) is 0 Å². The normalized spacial score (nSPS) is 10.0. The first kappa shape index (κ1) is 6.78. The fourth-order valence-corrected chi connectivity index (χ4v) is 0.839. The monoisotopic (exact) mass is 163 g/mol. The van der Waals surface area contributed by atoms with E-state index >= 15 is 0 Å². The highest BCUT2D eigenvalue weighted by Crippen LogP contribution is 2.04. The van der Waals surface area contributed by atoms with Crippen LogP contribution in [0.5, 0.6) is 0 Å². The number of aromatic nitrogens is 3. The van der Waals surface area contributed by atoms with Gasteiger partial charge in [-0.15, -0.1) is 0 Å². The highest BCUT2D eigenvalue weighted by molar-refractivity contribution is 6.04. The van der Waals surface area contributed by atoms with Crippen molar-refractivity contribution in [3.8, 4) is 0 Å². The van der Waals surface area contributed by atoms with E-state index in [4.69, 9.17) is 4.42 Å². The first-order valence-electron chi connectivity index (χ1n) is 3.31. The number of nitrogens with zero attached hydrogens (tertiary/aromatic N) is 2. The molecular formula is C7H5N3O2. The quantitative estimate of drug-likeness (QED) is 0.659. The molecule has 60 valence electrons. The second-order valence-corrected chi connectivity index (χ2v) is 2.14. The van der Waals surface area contributed by atoms with Crippen LogP contribution in [0.15, 0.2) is 29.1 Å². The molecule has 2 aromatic rings. The molecule has 0 radical (unpaired) electrons. The number of H-pyrrole nitrogens is 1. The van der Waals surface area contributed by atoms with Gasteiger partial charge >= 0.3 is 0 Å². The van der Waals surface area contributed by atoms with E-state index in [2.05, 4.69) is 15.2 Å². The summed E-state index contributed by atoms with van der Waals surface area (Å²) in [5.74, 6) is 0.147. The minimum absolute atomic E-state index is 0.185. The van der Waals surface area contributed by atoms with Gasteiger partial charge in [-0.2, -0.15) is 5.10 Å². The van der Waals surface area contributed by atoms with Crippen LogP contribution in [0.3, 0.4) is 0 Å². The molecule has 0 aliphatic carbocycles. The third-order valence-corrected chi connectivity index (χ3v) is 1.38. The molecular weight excluding hydrogens is 158 g/mol. The van der Waals surface area contributed by atoms with Gasteiger partial charge < -0.3 is 4.42 Å². The van der Waals surface area contributed by atoms with E-state index in [1.807, 2.05) is 0 Å². The van der Waals surface area contributed by atoms with Gasteiger partial charge in [0.15, 0.2) is 11.6 Å². The van der Waals surface area contributed by atoms with Crippen molar-refractivity contribution < 1.29 is 9.21 Å². The van der Waals surface area contributed by atoms with Crippen LogP contribution in [0.25, 0.3) is 0 Å². The van der Waals surface area contributed by atoms with Gasteiger partial charge in [0.25, 0.3) is 5.78 Å². The Balaban J connectivity index is 2.34. The Morgan fingerprint density at radius 2 is 2.50 bits per heavy atom. The SMILES string of the molecule is O=C(c1ncn[nH]1)c1ccco1. The summed E-state index contributed by atoms with van der Waals surface area (Å²) in [6.45, 7) is 0. The highest BCUT2D eigenvalue weighted by Gasteiger charge is 2.13. The smallest absolute Gasteiger partial charge is 0.264 e. The second-order valence-electron chi connectivity index (χ2n) is 2.14.